The molecule has 1 heterocycles. The Balaban J connectivity index is 1.54. The molecule has 3 rings (SSSR count). The molecule has 7 heteroatoms. The smallest absolute Gasteiger partial charge is 0.338 e. The first-order chi connectivity index (χ1) is 13.5. The SMILES string of the molecule is C[C@@H](OC(=O)c1ccc(N2CCCC2=O)cc1)C(=O)NCc1ccccc1Cl. The molecule has 0 spiro atoms. The van der Waals surface area contributed by atoms with Crippen LogP contribution >= 0.6 is 11.6 Å². The standard InChI is InChI=1S/C21H21ClN2O4/c1-14(20(26)23-13-16-5-2-3-6-18(16)22)28-21(27)15-8-10-17(11-9-15)24-12-4-7-19(24)25/h2-3,5-6,8-11,14H,4,7,12-13H2,1H3,(H,23,26)/t14-/m1/s1. The molecule has 146 valence electrons. The van der Waals surface area contributed by atoms with Gasteiger partial charge in [0, 0.05) is 30.2 Å². The molecule has 2 amide bonds. The third-order valence-electron chi connectivity index (χ3n) is 4.55. The number of esters is 1. The van der Waals surface area contributed by atoms with E-state index in [2.05, 4.69) is 5.32 Å². The maximum atomic E-state index is 12.3. The Morgan fingerprint density at radius 1 is 1.18 bits per heavy atom. The lowest BCUT2D eigenvalue weighted by atomic mass is 10.2. The van der Waals surface area contributed by atoms with E-state index >= 15 is 0 Å². The summed E-state index contributed by atoms with van der Waals surface area (Å²) in [4.78, 5) is 37.9. The van der Waals surface area contributed by atoms with Crippen LogP contribution in [0.25, 0.3) is 0 Å². The van der Waals surface area contributed by atoms with Crippen LogP contribution in [0.1, 0.15) is 35.7 Å². The Hall–Kier alpha value is -2.86. The average Bonchev–Trinajstić information content (AvgIpc) is 3.13. The van der Waals surface area contributed by atoms with Crippen LogP contribution in [-0.2, 0) is 20.9 Å². The molecule has 2 aromatic carbocycles. The number of carbonyl (C=O) groups excluding carboxylic acids is 3. The van der Waals surface area contributed by atoms with Crippen LogP contribution in [0.15, 0.2) is 48.5 Å². The molecule has 0 radical (unpaired) electrons. The molecule has 1 atom stereocenters. The number of nitrogens with zero attached hydrogens (tertiary/aromatic N) is 1. The van der Waals surface area contributed by atoms with E-state index in [-0.39, 0.29) is 12.5 Å². The summed E-state index contributed by atoms with van der Waals surface area (Å²) in [7, 11) is 0. The monoisotopic (exact) mass is 400 g/mol. The maximum absolute atomic E-state index is 12.3. The number of rotatable bonds is 6. The van der Waals surface area contributed by atoms with Crippen molar-refractivity contribution in [3.63, 3.8) is 0 Å². The largest absolute Gasteiger partial charge is 0.449 e. The first-order valence-corrected chi connectivity index (χ1v) is 9.46. The lowest BCUT2D eigenvalue weighted by molar-refractivity contribution is -0.129. The lowest BCUT2D eigenvalue weighted by Gasteiger charge is -2.16. The van der Waals surface area contributed by atoms with Gasteiger partial charge in [-0.3, -0.25) is 9.59 Å². The fourth-order valence-electron chi connectivity index (χ4n) is 2.95. The highest BCUT2D eigenvalue weighted by atomic mass is 35.5. The van der Waals surface area contributed by atoms with Gasteiger partial charge in [-0.15, -0.1) is 0 Å². The highest BCUT2D eigenvalue weighted by molar-refractivity contribution is 6.31. The van der Waals surface area contributed by atoms with E-state index in [4.69, 9.17) is 16.3 Å². The fraction of sp³-hybridized carbons (Fsp3) is 0.286. The van der Waals surface area contributed by atoms with Crippen molar-refractivity contribution in [1.29, 1.82) is 0 Å². The minimum Gasteiger partial charge on any atom is -0.449 e. The molecule has 0 aromatic heterocycles. The van der Waals surface area contributed by atoms with Gasteiger partial charge in [-0.1, -0.05) is 29.8 Å². The molecule has 0 unspecified atom stereocenters. The molecule has 1 N–H and O–H groups in total. The van der Waals surface area contributed by atoms with E-state index in [9.17, 15) is 14.4 Å². The van der Waals surface area contributed by atoms with Crippen LogP contribution in [0.4, 0.5) is 5.69 Å². The van der Waals surface area contributed by atoms with Crippen LogP contribution < -0.4 is 10.2 Å². The number of nitrogens with one attached hydrogen (secondary N) is 1. The summed E-state index contributed by atoms with van der Waals surface area (Å²) in [6.45, 7) is 2.45. The molecular weight excluding hydrogens is 380 g/mol. The summed E-state index contributed by atoms with van der Waals surface area (Å²) >= 11 is 6.06. The van der Waals surface area contributed by atoms with E-state index in [0.29, 0.717) is 23.6 Å². The van der Waals surface area contributed by atoms with E-state index in [1.807, 2.05) is 18.2 Å². The molecule has 2 aromatic rings. The van der Waals surface area contributed by atoms with Crippen LogP contribution in [0.5, 0.6) is 0 Å². The van der Waals surface area contributed by atoms with E-state index < -0.39 is 18.0 Å². The molecule has 6 nitrogen and oxygen atoms in total. The molecule has 1 aliphatic rings. The molecule has 1 fully saturated rings. The van der Waals surface area contributed by atoms with Crippen molar-refractivity contribution < 1.29 is 19.1 Å². The Labute approximate surface area is 168 Å². The highest BCUT2D eigenvalue weighted by Crippen LogP contribution is 2.22. The van der Waals surface area contributed by atoms with Gasteiger partial charge in [0.15, 0.2) is 6.10 Å². The van der Waals surface area contributed by atoms with Gasteiger partial charge in [-0.2, -0.15) is 0 Å². The topological polar surface area (TPSA) is 75.7 Å². The van der Waals surface area contributed by atoms with E-state index in [1.54, 1.807) is 35.2 Å². The second kappa shape index (κ2) is 8.89. The molecule has 0 aliphatic carbocycles. The Kier molecular flexibility index (Phi) is 6.31. The van der Waals surface area contributed by atoms with Gasteiger partial charge >= 0.3 is 5.97 Å². The quantitative estimate of drug-likeness (QED) is 0.754. The van der Waals surface area contributed by atoms with Crippen molar-refractivity contribution >= 4 is 35.1 Å². The zero-order valence-corrected chi connectivity index (χ0v) is 16.2. The van der Waals surface area contributed by atoms with E-state index in [1.165, 1.54) is 6.92 Å². The molecular formula is C21H21ClN2O4. The minimum atomic E-state index is -0.949. The molecule has 0 saturated carbocycles. The van der Waals surface area contributed by atoms with Crippen LogP contribution in [0, 0.1) is 0 Å². The molecule has 1 saturated heterocycles. The zero-order chi connectivity index (χ0) is 20.1. The Morgan fingerprint density at radius 3 is 2.54 bits per heavy atom. The lowest BCUT2D eigenvalue weighted by Crippen LogP contribution is -2.35. The van der Waals surface area contributed by atoms with Crippen LogP contribution in [0.3, 0.4) is 0 Å². The minimum absolute atomic E-state index is 0.0825. The number of hydrogen-bond acceptors (Lipinski definition) is 4. The summed E-state index contributed by atoms with van der Waals surface area (Å²) in [6.07, 6.45) is 0.434. The number of hydrogen-bond donors (Lipinski definition) is 1. The first-order valence-electron chi connectivity index (χ1n) is 9.08. The second-order valence-corrected chi connectivity index (χ2v) is 6.96. The van der Waals surface area contributed by atoms with Gasteiger partial charge in [-0.25, -0.2) is 4.79 Å². The first kappa shape index (κ1) is 19.9. The molecule has 1 aliphatic heterocycles. The van der Waals surface area contributed by atoms with Gasteiger partial charge in [0.2, 0.25) is 5.91 Å². The van der Waals surface area contributed by atoms with Crippen LogP contribution in [0.2, 0.25) is 5.02 Å². The third-order valence-corrected chi connectivity index (χ3v) is 4.92. The van der Waals surface area contributed by atoms with Crippen molar-refractivity contribution in [3.8, 4) is 0 Å². The van der Waals surface area contributed by atoms with E-state index in [0.717, 1.165) is 17.7 Å². The van der Waals surface area contributed by atoms with Gasteiger partial charge in [0.05, 0.1) is 5.56 Å². The van der Waals surface area contributed by atoms with Crippen molar-refractivity contribution in [2.24, 2.45) is 0 Å². The van der Waals surface area contributed by atoms with Crippen molar-refractivity contribution in [3.05, 3.63) is 64.7 Å². The predicted octanol–water partition coefficient (Wildman–Crippen LogP) is 3.33. The van der Waals surface area contributed by atoms with Crippen molar-refractivity contribution in [2.45, 2.75) is 32.4 Å². The molecule has 0 bridgehead atoms. The third kappa shape index (κ3) is 4.70. The number of anilines is 1. The number of amides is 2. The molecule has 28 heavy (non-hydrogen) atoms. The van der Waals surface area contributed by atoms with Crippen LogP contribution in [-0.4, -0.2) is 30.4 Å². The number of halogens is 1. The number of carbonyl (C=O) groups is 3. The number of benzene rings is 2. The summed E-state index contributed by atoms with van der Waals surface area (Å²) < 4.78 is 5.24. The zero-order valence-electron chi connectivity index (χ0n) is 15.5. The van der Waals surface area contributed by atoms with Crippen molar-refractivity contribution in [2.75, 3.05) is 11.4 Å². The van der Waals surface area contributed by atoms with Gasteiger partial charge in [0.1, 0.15) is 0 Å². The van der Waals surface area contributed by atoms with Crippen molar-refractivity contribution in [1.82, 2.24) is 5.32 Å². The Bertz CT molecular complexity index is 882. The average molecular weight is 401 g/mol. The summed E-state index contributed by atoms with van der Waals surface area (Å²) in [6, 6.07) is 13.8. The summed E-state index contributed by atoms with van der Waals surface area (Å²) in [5.41, 5.74) is 1.86. The van der Waals surface area contributed by atoms with Gasteiger partial charge in [-0.05, 0) is 49.2 Å². The number of ether oxygens (including phenoxy) is 1. The summed E-state index contributed by atoms with van der Waals surface area (Å²) in [5, 5.41) is 3.26. The summed E-state index contributed by atoms with van der Waals surface area (Å²) in [5.74, 6) is -0.925. The van der Waals surface area contributed by atoms with Gasteiger partial charge < -0.3 is 15.0 Å². The highest BCUT2D eigenvalue weighted by Gasteiger charge is 2.23. The fourth-order valence-corrected chi connectivity index (χ4v) is 3.15. The predicted molar refractivity (Wildman–Crippen MR) is 106 cm³/mol. The van der Waals surface area contributed by atoms with Gasteiger partial charge in [0.25, 0.3) is 5.91 Å². The maximum Gasteiger partial charge on any atom is 0.338 e. The normalized spacial score (nSPS) is 14.6. The second-order valence-electron chi connectivity index (χ2n) is 6.55. The Morgan fingerprint density at radius 2 is 1.89 bits per heavy atom.